The molecular formula is C17H18N4S. The summed E-state index contributed by atoms with van der Waals surface area (Å²) in [5.41, 5.74) is 3.43. The van der Waals surface area contributed by atoms with Crippen LogP contribution in [0.15, 0.2) is 24.3 Å². The lowest BCUT2D eigenvalue weighted by molar-refractivity contribution is 0.635. The van der Waals surface area contributed by atoms with E-state index in [-0.39, 0.29) is 5.92 Å². The minimum absolute atomic E-state index is 0.286. The van der Waals surface area contributed by atoms with E-state index in [0.717, 1.165) is 39.6 Å². The molecule has 0 aliphatic carbocycles. The smallest absolute Gasteiger partial charge is 0.211 e. The van der Waals surface area contributed by atoms with Gasteiger partial charge in [-0.1, -0.05) is 43.7 Å². The van der Waals surface area contributed by atoms with Crippen molar-refractivity contribution in [2.75, 3.05) is 0 Å². The fourth-order valence-corrected chi connectivity index (χ4v) is 3.68. The number of benzene rings is 1. The summed E-state index contributed by atoms with van der Waals surface area (Å²) in [5, 5.41) is 15.0. The van der Waals surface area contributed by atoms with Gasteiger partial charge in [0.25, 0.3) is 0 Å². The lowest BCUT2D eigenvalue weighted by atomic mass is 9.98. The number of para-hydroxylation sites is 1. The van der Waals surface area contributed by atoms with Gasteiger partial charge in [0.15, 0.2) is 0 Å². The zero-order valence-corrected chi connectivity index (χ0v) is 13.8. The average molecular weight is 310 g/mol. The van der Waals surface area contributed by atoms with Crippen molar-refractivity contribution < 1.29 is 0 Å². The SMILES string of the molecule is CCCC(C)c1nn(-c2nc3ccccc3s2)c(C)c1C#N. The highest BCUT2D eigenvalue weighted by Gasteiger charge is 2.21. The molecule has 0 amide bonds. The van der Waals surface area contributed by atoms with Crippen molar-refractivity contribution in [2.24, 2.45) is 0 Å². The molecule has 0 saturated heterocycles. The molecule has 22 heavy (non-hydrogen) atoms. The van der Waals surface area contributed by atoms with Crippen molar-refractivity contribution in [2.45, 2.75) is 39.5 Å². The lowest BCUT2D eigenvalue weighted by Gasteiger charge is -2.06. The van der Waals surface area contributed by atoms with Crippen LogP contribution in [0.2, 0.25) is 0 Å². The highest BCUT2D eigenvalue weighted by Crippen LogP contribution is 2.30. The van der Waals surface area contributed by atoms with Crippen LogP contribution in [0.5, 0.6) is 0 Å². The van der Waals surface area contributed by atoms with Gasteiger partial charge in [-0.25, -0.2) is 9.67 Å². The summed E-state index contributed by atoms with van der Waals surface area (Å²) in [6, 6.07) is 10.4. The second-order valence-electron chi connectivity index (χ2n) is 5.52. The molecule has 0 spiro atoms. The van der Waals surface area contributed by atoms with E-state index >= 15 is 0 Å². The minimum Gasteiger partial charge on any atom is -0.218 e. The zero-order valence-electron chi connectivity index (χ0n) is 13.0. The number of hydrogen-bond acceptors (Lipinski definition) is 4. The predicted octanol–water partition coefficient (Wildman–Crippen LogP) is 4.57. The van der Waals surface area contributed by atoms with Crippen LogP contribution >= 0.6 is 11.3 Å². The first-order valence-corrected chi connectivity index (χ1v) is 8.33. The highest BCUT2D eigenvalue weighted by atomic mass is 32.1. The van der Waals surface area contributed by atoms with Gasteiger partial charge in [-0.3, -0.25) is 0 Å². The van der Waals surface area contributed by atoms with Crippen molar-refractivity contribution >= 4 is 21.6 Å². The molecule has 0 radical (unpaired) electrons. The van der Waals surface area contributed by atoms with Gasteiger partial charge in [-0.2, -0.15) is 10.4 Å². The third-order valence-electron chi connectivity index (χ3n) is 3.91. The molecule has 1 unspecified atom stereocenters. The Morgan fingerprint density at radius 1 is 1.36 bits per heavy atom. The molecule has 112 valence electrons. The topological polar surface area (TPSA) is 54.5 Å². The van der Waals surface area contributed by atoms with Crippen LogP contribution in [0.3, 0.4) is 0 Å². The minimum atomic E-state index is 0.286. The number of fused-ring (bicyclic) bond motifs is 1. The molecule has 0 aliphatic rings. The fourth-order valence-electron chi connectivity index (χ4n) is 2.71. The summed E-state index contributed by atoms with van der Waals surface area (Å²) in [6.07, 6.45) is 2.12. The van der Waals surface area contributed by atoms with Gasteiger partial charge < -0.3 is 0 Å². The maximum Gasteiger partial charge on any atom is 0.211 e. The molecule has 2 aromatic heterocycles. The van der Waals surface area contributed by atoms with Crippen LogP contribution < -0.4 is 0 Å². The number of rotatable bonds is 4. The third kappa shape index (κ3) is 2.40. The van der Waals surface area contributed by atoms with Crippen molar-refractivity contribution in [3.8, 4) is 11.2 Å². The summed E-state index contributed by atoms with van der Waals surface area (Å²) < 4.78 is 2.96. The van der Waals surface area contributed by atoms with Gasteiger partial charge in [0, 0.05) is 5.92 Å². The van der Waals surface area contributed by atoms with E-state index in [1.165, 1.54) is 0 Å². The number of nitriles is 1. The first-order chi connectivity index (χ1) is 10.7. The van der Waals surface area contributed by atoms with Crippen molar-refractivity contribution in [1.29, 1.82) is 5.26 Å². The molecule has 0 saturated carbocycles. The van der Waals surface area contributed by atoms with Crippen LogP contribution in [0.4, 0.5) is 0 Å². The second kappa shape index (κ2) is 5.90. The van der Waals surface area contributed by atoms with Gasteiger partial charge in [0.1, 0.15) is 6.07 Å². The van der Waals surface area contributed by atoms with E-state index < -0.39 is 0 Å². The van der Waals surface area contributed by atoms with Crippen molar-refractivity contribution in [3.05, 3.63) is 41.2 Å². The third-order valence-corrected chi connectivity index (χ3v) is 4.92. The van der Waals surface area contributed by atoms with Gasteiger partial charge in [-0.05, 0) is 25.5 Å². The number of nitrogens with zero attached hydrogens (tertiary/aromatic N) is 4. The molecule has 0 fully saturated rings. The first kappa shape index (κ1) is 14.7. The van der Waals surface area contributed by atoms with Crippen molar-refractivity contribution in [1.82, 2.24) is 14.8 Å². The Morgan fingerprint density at radius 2 is 2.14 bits per heavy atom. The average Bonchev–Trinajstić information content (AvgIpc) is 3.07. The molecule has 3 aromatic rings. The second-order valence-corrected chi connectivity index (χ2v) is 6.53. The summed E-state index contributed by atoms with van der Waals surface area (Å²) in [4.78, 5) is 4.65. The quantitative estimate of drug-likeness (QED) is 0.709. The first-order valence-electron chi connectivity index (χ1n) is 7.51. The maximum absolute atomic E-state index is 9.50. The van der Waals surface area contributed by atoms with E-state index in [1.807, 2.05) is 29.8 Å². The van der Waals surface area contributed by atoms with Crippen LogP contribution in [0.25, 0.3) is 15.3 Å². The molecule has 4 nitrogen and oxygen atoms in total. The number of hydrogen-bond donors (Lipinski definition) is 0. The number of thiazole rings is 1. The van der Waals surface area contributed by atoms with E-state index in [9.17, 15) is 5.26 Å². The van der Waals surface area contributed by atoms with E-state index in [4.69, 9.17) is 5.10 Å². The highest BCUT2D eigenvalue weighted by molar-refractivity contribution is 7.20. The molecule has 0 bridgehead atoms. The van der Waals surface area contributed by atoms with E-state index in [0.29, 0.717) is 5.56 Å². The molecule has 1 atom stereocenters. The number of aromatic nitrogens is 3. The Labute approximate surface area is 134 Å². The van der Waals surface area contributed by atoms with Gasteiger partial charge in [0.05, 0.1) is 27.2 Å². The normalized spacial score (nSPS) is 12.5. The standard InChI is InChI=1S/C17H18N4S/c1-4-7-11(2)16-13(10-18)12(3)21(20-16)17-19-14-8-5-6-9-15(14)22-17/h5-6,8-9,11H,4,7H2,1-3H3. The van der Waals surface area contributed by atoms with E-state index in [1.54, 1.807) is 11.3 Å². The Morgan fingerprint density at radius 3 is 2.82 bits per heavy atom. The summed E-state index contributed by atoms with van der Waals surface area (Å²) in [5.74, 6) is 0.286. The molecule has 0 N–H and O–H groups in total. The zero-order chi connectivity index (χ0) is 15.7. The summed E-state index contributed by atoms with van der Waals surface area (Å²) in [6.45, 7) is 6.23. The maximum atomic E-state index is 9.50. The molecule has 1 aromatic carbocycles. The van der Waals surface area contributed by atoms with Crippen LogP contribution in [0, 0.1) is 18.3 Å². The Balaban J connectivity index is 2.13. The Hall–Kier alpha value is -2.19. The van der Waals surface area contributed by atoms with Crippen LogP contribution in [-0.4, -0.2) is 14.8 Å². The summed E-state index contributed by atoms with van der Waals surface area (Å²) in [7, 11) is 0. The molecule has 2 heterocycles. The van der Waals surface area contributed by atoms with Gasteiger partial charge >= 0.3 is 0 Å². The summed E-state index contributed by atoms with van der Waals surface area (Å²) >= 11 is 1.60. The monoisotopic (exact) mass is 310 g/mol. The van der Waals surface area contributed by atoms with Crippen LogP contribution in [0.1, 0.15) is 49.6 Å². The largest absolute Gasteiger partial charge is 0.218 e. The van der Waals surface area contributed by atoms with E-state index in [2.05, 4.69) is 31.0 Å². The van der Waals surface area contributed by atoms with Crippen LogP contribution in [-0.2, 0) is 0 Å². The predicted molar refractivity (Wildman–Crippen MR) is 89.5 cm³/mol. The van der Waals surface area contributed by atoms with Gasteiger partial charge in [-0.15, -0.1) is 0 Å². The lowest BCUT2D eigenvalue weighted by Crippen LogP contribution is -2.00. The molecule has 0 aliphatic heterocycles. The Bertz CT molecular complexity index is 820. The van der Waals surface area contributed by atoms with Gasteiger partial charge in [0.2, 0.25) is 5.13 Å². The van der Waals surface area contributed by atoms with Crippen molar-refractivity contribution in [3.63, 3.8) is 0 Å². The fraction of sp³-hybridized carbons (Fsp3) is 0.353. The Kier molecular flexibility index (Phi) is 3.95. The molecular weight excluding hydrogens is 292 g/mol. The molecule has 3 rings (SSSR count). The molecule has 5 heteroatoms.